The van der Waals surface area contributed by atoms with Crippen LogP contribution in [0.25, 0.3) is 0 Å². The van der Waals surface area contributed by atoms with E-state index in [0.717, 1.165) is 57.9 Å². The van der Waals surface area contributed by atoms with Crippen molar-refractivity contribution in [2.45, 2.75) is 18.9 Å². The molecule has 0 spiro atoms. The van der Waals surface area contributed by atoms with Crippen LogP contribution in [0.3, 0.4) is 0 Å². The first kappa shape index (κ1) is 14.3. The summed E-state index contributed by atoms with van der Waals surface area (Å²) in [4.78, 5) is 15.3. The molecule has 2 heterocycles. The molecule has 2 saturated heterocycles. The smallest absolute Gasteiger partial charge is 0.271 e. The van der Waals surface area contributed by atoms with Gasteiger partial charge in [0.15, 0.2) is 0 Å². The van der Waals surface area contributed by atoms with Gasteiger partial charge in [-0.25, -0.2) is 0 Å². The van der Waals surface area contributed by atoms with Crippen LogP contribution < -0.4 is 4.90 Å². The van der Waals surface area contributed by atoms with Gasteiger partial charge in [0.25, 0.3) is 5.69 Å². The van der Waals surface area contributed by atoms with Gasteiger partial charge in [-0.05, 0) is 18.9 Å². The second kappa shape index (κ2) is 6.41. The largest absolute Gasteiger partial charge is 0.379 e. The highest BCUT2D eigenvalue weighted by Gasteiger charge is 2.26. The van der Waals surface area contributed by atoms with Gasteiger partial charge in [-0.15, -0.1) is 0 Å². The summed E-state index contributed by atoms with van der Waals surface area (Å²) in [5.41, 5.74) is 1.13. The Morgan fingerprint density at radius 3 is 2.52 bits per heavy atom. The molecular formula is C15H21N3O3. The predicted molar refractivity (Wildman–Crippen MR) is 80.7 cm³/mol. The fourth-order valence-electron chi connectivity index (χ4n) is 3.24. The predicted octanol–water partition coefficient (Wildman–Crippen LogP) is 1.90. The molecule has 114 valence electrons. The van der Waals surface area contributed by atoms with E-state index in [4.69, 9.17) is 4.74 Å². The number of benzene rings is 1. The lowest BCUT2D eigenvalue weighted by molar-refractivity contribution is -0.384. The molecule has 0 aliphatic carbocycles. The van der Waals surface area contributed by atoms with Crippen molar-refractivity contribution in [2.24, 2.45) is 0 Å². The fraction of sp³-hybridized carbons (Fsp3) is 0.600. The van der Waals surface area contributed by atoms with E-state index in [1.807, 2.05) is 6.07 Å². The molecule has 0 amide bonds. The number of nitro groups is 1. The SMILES string of the molecule is O=[N+]([O-])c1cccc(N2CCC(N3CCOCC3)CC2)c1. The van der Waals surface area contributed by atoms with Crippen molar-refractivity contribution in [1.82, 2.24) is 4.90 Å². The lowest BCUT2D eigenvalue weighted by atomic mass is 10.0. The van der Waals surface area contributed by atoms with E-state index in [1.165, 1.54) is 0 Å². The van der Waals surface area contributed by atoms with Crippen molar-refractivity contribution < 1.29 is 9.66 Å². The minimum absolute atomic E-state index is 0.169. The molecule has 2 fully saturated rings. The standard InChI is InChI=1S/C15H21N3O3/c19-18(20)15-3-1-2-14(12-15)16-6-4-13(5-7-16)17-8-10-21-11-9-17/h1-3,12-13H,4-11H2. The van der Waals surface area contributed by atoms with Crippen LogP contribution in [0.1, 0.15) is 12.8 Å². The molecule has 6 nitrogen and oxygen atoms in total. The van der Waals surface area contributed by atoms with E-state index in [0.29, 0.717) is 6.04 Å². The molecule has 3 rings (SSSR count). The van der Waals surface area contributed by atoms with E-state index in [1.54, 1.807) is 18.2 Å². The maximum atomic E-state index is 10.9. The normalized spacial score (nSPS) is 21.4. The second-order valence-electron chi connectivity index (χ2n) is 5.64. The quantitative estimate of drug-likeness (QED) is 0.629. The number of hydrogen-bond acceptors (Lipinski definition) is 5. The topological polar surface area (TPSA) is 58.9 Å². The molecule has 0 radical (unpaired) electrons. The van der Waals surface area contributed by atoms with E-state index >= 15 is 0 Å². The lowest BCUT2D eigenvalue weighted by Gasteiger charge is -2.40. The average Bonchev–Trinajstić information content (AvgIpc) is 2.56. The Bertz CT molecular complexity index is 495. The molecule has 0 atom stereocenters. The van der Waals surface area contributed by atoms with Gasteiger partial charge in [0.05, 0.1) is 18.1 Å². The van der Waals surface area contributed by atoms with Gasteiger partial charge in [0.1, 0.15) is 0 Å². The van der Waals surface area contributed by atoms with Crippen LogP contribution in [0.5, 0.6) is 0 Å². The molecular weight excluding hydrogens is 270 g/mol. The van der Waals surface area contributed by atoms with Crippen molar-refractivity contribution in [2.75, 3.05) is 44.3 Å². The average molecular weight is 291 g/mol. The van der Waals surface area contributed by atoms with Gasteiger partial charge in [-0.2, -0.15) is 0 Å². The van der Waals surface area contributed by atoms with E-state index < -0.39 is 0 Å². The third-order valence-electron chi connectivity index (χ3n) is 4.43. The van der Waals surface area contributed by atoms with Gasteiger partial charge in [0, 0.05) is 50.0 Å². The first-order valence-corrected chi connectivity index (χ1v) is 7.55. The number of morpholine rings is 1. The fourth-order valence-corrected chi connectivity index (χ4v) is 3.24. The van der Waals surface area contributed by atoms with Gasteiger partial charge >= 0.3 is 0 Å². The number of nitrogens with zero attached hydrogens (tertiary/aromatic N) is 3. The molecule has 0 bridgehead atoms. The Balaban J connectivity index is 1.60. The van der Waals surface area contributed by atoms with E-state index in [2.05, 4.69) is 9.80 Å². The molecule has 0 aromatic heterocycles. The molecule has 2 aliphatic heterocycles. The zero-order valence-electron chi connectivity index (χ0n) is 12.1. The van der Waals surface area contributed by atoms with Gasteiger partial charge in [-0.1, -0.05) is 6.07 Å². The summed E-state index contributed by atoms with van der Waals surface area (Å²) in [6.07, 6.45) is 2.23. The zero-order valence-corrected chi connectivity index (χ0v) is 12.1. The van der Waals surface area contributed by atoms with Crippen molar-refractivity contribution in [3.63, 3.8) is 0 Å². The van der Waals surface area contributed by atoms with Crippen LogP contribution in [-0.4, -0.2) is 55.3 Å². The highest BCUT2D eigenvalue weighted by Crippen LogP contribution is 2.26. The molecule has 21 heavy (non-hydrogen) atoms. The highest BCUT2D eigenvalue weighted by molar-refractivity contribution is 5.53. The molecule has 1 aromatic carbocycles. The van der Waals surface area contributed by atoms with Crippen molar-refractivity contribution in [3.05, 3.63) is 34.4 Å². The van der Waals surface area contributed by atoms with Crippen LogP contribution >= 0.6 is 0 Å². The summed E-state index contributed by atoms with van der Waals surface area (Å²) in [7, 11) is 0. The van der Waals surface area contributed by atoms with Gasteiger partial charge in [-0.3, -0.25) is 15.0 Å². The molecule has 0 unspecified atom stereocenters. The summed E-state index contributed by atoms with van der Waals surface area (Å²) < 4.78 is 5.40. The number of hydrogen-bond donors (Lipinski definition) is 0. The molecule has 0 saturated carbocycles. The molecule has 0 N–H and O–H groups in total. The monoisotopic (exact) mass is 291 g/mol. The van der Waals surface area contributed by atoms with Crippen molar-refractivity contribution >= 4 is 11.4 Å². The summed E-state index contributed by atoms with van der Waals surface area (Å²) in [6.45, 7) is 5.66. The summed E-state index contributed by atoms with van der Waals surface area (Å²) >= 11 is 0. The number of rotatable bonds is 3. The molecule has 2 aliphatic rings. The summed E-state index contributed by atoms with van der Waals surface area (Å²) in [5.74, 6) is 0. The number of piperidine rings is 1. The first-order chi connectivity index (χ1) is 10.2. The van der Waals surface area contributed by atoms with Crippen LogP contribution in [-0.2, 0) is 4.74 Å². The van der Waals surface area contributed by atoms with Crippen molar-refractivity contribution in [1.29, 1.82) is 0 Å². The van der Waals surface area contributed by atoms with E-state index in [-0.39, 0.29) is 10.6 Å². The van der Waals surface area contributed by atoms with E-state index in [9.17, 15) is 10.1 Å². The van der Waals surface area contributed by atoms with Crippen molar-refractivity contribution in [3.8, 4) is 0 Å². The Labute approximate surface area is 124 Å². The number of nitro benzene ring substituents is 1. The number of ether oxygens (including phenoxy) is 1. The maximum absolute atomic E-state index is 10.9. The summed E-state index contributed by atoms with van der Waals surface area (Å²) in [6, 6.07) is 7.58. The Hall–Kier alpha value is -1.66. The van der Waals surface area contributed by atoms with Crippen LogP contribution in [0.15, 0.2) is 24.3 Å². The van der Waals surface area contributed by atoms with Gasteiger partial charge in [0.2, 0.25) is 0 Å². The zero-order chi connectivity index (χ0) is 14.7. The number of non-ortho nitro benzene ring substituents is 1. The maximum Gasteiger partial charge on any atom is 0.271 e. The Kier molecular flexibility index (Phi) is 4.36. The highest BCUT2D eigenvalue weighted by atomic mass is 16.6. The van der Waals surface area contributed by atoms with Gasteiger partial charge < -0.3 is 9.64 Å². The van der Waals surface area contributed by atoms with Crippen LogP contribution in [0.2, 0.25) is 0 Å². The minimum Gasteiger partial charge on any atom is -0.379 e. The summed E-state index contributed by atoms with van der Waals surface area (Å²) in [5, 5.41) is 10.9. The second-order valence-corrected chi connectivity index (χ2v) is 5.64. The Morgan fingerprint density at radius 1 is 1.14 bits per heavy atom. The van der Waals surface area contributed by atoms with Crippen LogP contribution in [0.4, 0.5) is 11.4 Å². The first-order valence-electron chi connectivity index (χ1n) is 7.55. The Morgan fingerprint density at radius 2 is 1.86 bits per heavy atom. The third kappa shape index (κ3) is 3.33. The molecule has 1 aromatic rings. The lowest BCUT2D eigenvalue weighted by Crippen LogP contribution is -2.49. The van der Waals surface area contributed by atoms with Crippen LogP contribution in [0, 0.1) is 10.1 Å². The number of anilines is 1. The molecule has 6 heteroatoms. The third-order valence-corrected chi connectivity index (χ3v) is 4.43. The minimum atomic E-state index is -0.329.